The molecule has 1 aliphatic heterocycles. The molecule has 0 aliphatic carbocycles. The minimum Gasteiger partial charge on any atom is -0.374 e. The molecule has 3 N–H and O–H groups in total. The third-order valence-electron chi connectivity index (χ3n) is 2.93. The van der Waals surface area contributed by atoms with E-state index in [9.17, 15) is 14.2 Å². The van der Waals surface area contributed by atoms with Crippen LogP contribution in [0.3, 0.4) is 0 Å². The van der Waals surface area contributed by atoms with Crippen molar-refractivity contribution >= 4 is 7.60 Å². The van der Waals surface area contributed by atoms with Crippen LogP contribution in [-0.4, -0.2) is 51.6 Å². The normalized spacial score (nSPS) is 26.1. The molecule has 1 fully saturated rings. The molecule has 1 aliphatic rings. The maximum absolute atomic E-state index is 11.7. The molecule has 1 saturated heterocycles. The molecule has 2 heterocycles. The summed E-state index contributed by atoms with van der Waals surface area (Å²) in [6.07, 6.45) is -1.87. The molecular weight excluding hydrogens is 307 g/mol. The number of aromatic nitrogens is 2. The van der Waals surface area contributed by atoms with E-state index in [0.29, 0.717) is 0 Å². The Bertz CT molecular complexity index is 649. The highest BCUT2D eigenvalue weighted by atomic mass is 31.2. The smallest absolute Gasteiger partial charge is 0.350 e. The summed E-state index contributed by atoms with van der Waals surface area (Å²) >= 11 is 0. The molecule has 3 atom stereocenters. The zero-order valence-corrected chi connectivity index (χ0v) is 11.9. The number of hydrogen-bond acceptors (Lipinski definition) is 6. The number of ether oxygens (including phenoxy) is 3. The second-order valence-corrected chi connectivity index (χ2v) is 6.03. The standard InChI is InChI=1S/C10H15N2O8P/c1-18-8-6(20-5-21(15,16)17)4-19-9(8)12-3-2-7(13)11-10(12)14/h2-3,6,8-9H,4-5H2,1H3,(H,11,13,14)(H2,15,16,17)/t6-,8+,9+/m0/s1. The topological polar surface area (TPSA) is 140 Å². The van der Waals surface area contributed by atoms with E-state index in [1.807, 2.05) is 0 Å². The molecule has 10 nitrogen and oxygen atoms in total. The first-order valence-electron chi connectivity index (χ1n) is 5.94. The van der Waals surface area contributed by atoms with Gasteiger partial charge in [0.15, 0.2) is 6.23 Å². The van der Waals surface area contributed by atoms with Gasteiger partial charge in [-0.1, -0.05) is 0 Å². The molecule has 0 unspecified atom stereocenters. The van der Waals surface area contributed by atoms with E-state index in [1.54, 1.807) is 0 Å². The first-order chi connectivity index (χ1) is 9.81. The van der Waals surface area contributed by atoms with Gasteiger partial charge in [-0.05, 0) is 0 Å². The van der Waals surface area contributed by atoms with Gasteiger partial charge in [-0.2, -0.15) is 0 Å². The summed E-state index contributed by atoms with van der Waals surface area (Å²) in [5.41, 5.74) is -1.22. The lowest BCUT2D eigenvalue weighted by Crippen LogP contribution is -2.38. The summed E-state index contributed by atoms with van der Waals surface area (Å²) < 4.78 is 27.6. The quantitative estimate of drug-likeness (QED) is 0.562. The van der Waals surface area contributed by atoms with Crippen molar-refractivity contribution in [2.75, 3.05) is 20.1 Å². The van der Waals surface area contributed by atoms with E-state index >= 15 is 0 Å². The first kappa shape index (κ1) is 16.1. The minimum absolute atomic E-state index is 0.00522. The molecule has 0 radical (unpaired) electrons. The van der Waals surface area contributed by atoms with Crippen molar-refractivity contribution in [2.24, 2.45) is 0 Å². The van der Waals surface area contributed by atoms with E-state index in [0.717, 1.165) is 10.6 Å². The Morgan fingerprint density at radius 1 is 1.52 bits per heavy atom. The lowest BCUT2D eigenvalue weighted by molar-refractivity contribution is -0.0562. The Kier molecular flexibility index (Phi) is 4.77. The zero-order chi connectivity index (χ0) is 15.6. The fourth-order valence-electron chi connectivity index (χ4n) is 2.04. The number of nitrogens with one attached hydrogen (secondary N) is 1. The monoisotopic (exact) mass is 322 g/mol. The highest BCUT2D eigenvalue weighted by Crippen LogP contribution is 2.36. The molecule has 0 aromatic carbocycles. The molecule has 0 bridgehead atoms. The van der Waals surface area contributed by atoms with Gasteiger partial charge in [0.25, 0.3) is 5.56 Å². The fourth-order valence-corrected chi connectivity index (χ4v) is 2.42. The Labute approximate surface area is 118 Å². The highest BCUT2D eigenvalue weighted by Gasteiger charge is 2.40. The maximum Gasteiger partial charge on any atom is 0.350 e. The lowest BCUT2D eigenvalue weighted by atomic mass is 10.2. The highest BCUT2D eigenvalue weighted by molar-refractivity contribution is 7.51. The SMILES string of the molecule is CO[C@@H]1[C@@H](OCP(=O)(O)O)CO[C@H]1n1ccc(=O)[nH]c1=O. The van der Waals surface area contributed by atoms with Crippen molar-refractivity contribution in [3.05, 3.63) is 33.1 Å². The van der Waals surface area contributed by atoms with Crippen molar-refractivity contribution in [3.8, 4) is 0 Å². The largest absolute Gasteiger partial charge is 0.374 e. The summed E-state index contributed by atoms with van der Waals surface area (Å²) in [5, 5.41) is 0. The molecule has 1 aromatic rings. The van der Waals surface area contributed by atoms with E-state index in [-0.39, 0.29) is 6.61 Å². The van der Waals surface area contributed by atoms with Crippen LogP contribution >= 0.6 is 7.60 Å². The van der Waals surface area contributed by atoms with Crippen molar-refractivity contribution < 1.29 is 28.6 Å². The fraction of sp³-hybridized carbons (Fsp3) is 0.600. The Balaban J connectivity index is 2.17. The molecule has 21 heavy (non-hydrogen) atoms. The molecular formula is C10H15N2O8P. The van der Waals surface area contributed by atoms with Crippen LogP contribution in [0.1, 0.15) is 6.23 Å². The number of aromatic amines is 1. The van der Waals surface area contributed by atoms with E-state index < -0.39 is 43.6 Å². The van der Waals surface area contributed by atoms with Crippen LogP contribution in [0.25, 0.3) is 0 Å². The summed E-state index contributed by atoms with van der Waals surface area (Å²) in [5.74, 6) is 0. The van der Waals surface area contributed by atoms with Gasteiger partial charge in [0.05, 0.1) is 6.61 Å². The van der Waals surface area contributed by atoms with Crippen molar-refractivity contribution in [1.29, 1.82) is 0 Å². The van der Waals surface area contributed by atoms with Crippen molar-refractivity contribution in [3.63, 3.8) is 0 Å². The average molecular weight is 322 g/mol. The van der Waals surface area contributed by atoms with Gasteiger partial charge in [0.1, 0.15) is 18.6 Å². The number of H-pyrrole nitrogens is 1. The molecule has 0 spiro atoms. The maximum atomic E-state index is 11.7. The van der Waals surface area contributed by atoms with Gasteiger partial charge in [0, 0.05) is 19.4 Å². The van der Waals surface area contributed by atoms with Gasteiger partial charge >= 0.3 is 13.3 Å². The predicted molar refractivity (Wildman–Crippen MR) is 68.9 cm³/mol. The first-order valence-corrected chi connectivity index (χ1v) is 7.73. The number of nitrogens with zero attached hydrogens (tertiary/aromatic N) is 1. The average Bonchev–Trinajstić information content (AvgIpc) is 2.78. The summed E-state index contributed by atoms with van der Waals surface area (Å²) in [4.78, 5) is 42.4. The molecule has 118 valence electrons. The summed E-state index contributed by atoms with van der Waals surface area (Å²) in [7, 11) is -2.95. The van der Waals surface area contributed by atoms with Crippen molar-refractivity contribution in [1.82, 2.24) is 9.55 Å². The number of rotatable bonds is 5. The predicted octanol–water partition coefficient (Wildman–Crippen LogP) is -1.40. The van der Waals surface area contributed by atoms with Crippen LogP contribution in [0, 0.1) is 0 Å². The van der Waals surface area contributed by atoms with Gasteiger partial charge in [-0.3, -0.25) is 18.9 Å². The van der Waals surface area contributed by atoms with Crippen molar-refractivity contribution in [2.45, 2.75) is 18.4 Å². The van der Waals surface area contributed by atoms with E-state index in [4.69, 9.17) is 24.0 Å². The zero-order valence-electron chi connectivity index (χ0n) is 11.0. The molecule has 2 rings (SSSR count). The summed E-state index contributed by atoms with van der Waals surface area (Å²) in [6.45, 7) is -0.00522. The van der Waals surface area contributed by atoms with Gasteiger partial charge in [0.2, 0.25) is 0 Å². The minimum atomic E-state index is -4.31. The molecule has 0 amide bonds. The van der Waals surface area contributed by atoms with Crippen LogP contribution in [0.4, 0.5) is 0 Å². The van der Waals surface area contributed by atoms with Gasteiger partial charge in [-0.15, -0.1) is 0 Å². The van der Waals surface area contributed by atoms with Crippen LogP contribution < -0.4 is 11.2 Å². The second kappa shape index (κ2) is 6.22. The molecule has 0 saturated carbocycles. The summed E-state index contributed by atoms with van der Waals surface area (Å²) in [6, 6.07) is 1.15. The lowest BCUT2D eigenvalue weighted by Gasteiger charge is -2.22. The second-order valence-electron chi connectivity index (χ2n) is 4.44. The Hall–Kier alpha value is -1.29. The molecule has 1 aromatic heterocycles. The number of hydrogen-bond donors (Lipinski definition) is 3. The van der Waals surface area contributed by atoms with E-state index in [2.05, 4.69) is 4.98 Å². The van der Waals surface area contributed by atoms with Crippen LogP contribution in [0.2, 0.25) is 0 Å². The Morgan fingerprint density at radius 2 is 2.24 bits per heavy atom. The van der Waals surface area contributed by atoms with Crippen LogP contribution in [-0.2, 0) is 18.8 Å². The molecule has 11 heteroatoms. The number of methoxy groups -OCH3 is 1. The van der Waals surface area contributed by atoms with E-state index in [1.165, 1.54) is 13.3 Å². The third kappa shape index (κ3) is 3.88. The van der Waals surface area contributed by atoms with Crippen LogP contribution in [0.5, 0.6) is 0 Å². The van der Waals surface area contributed by atoms with Gasteiger partial charge < -0.3 is 24.0 Å². The van der Waals surface area contributed by atoms with Gasteiger partial charge in [-0.25, -0.2) is 4.79 Å². The van der Waals surface area contributed by atoms with Crippen LogP contribution in [0.15, 0.2) is 21.9 Å². The Morgan fingerprint density at radius 3 is 2.81 bits per heavy atom. The third-order valence-corrected chi connectivity index (χ3v) is 3.42.